The highest BCUT2D eigenvalue weighted by atomic mass is 32.2. The summed E-state index contributed by atoms with van der Waals surface area (Å²) in [5.74, 6) is 0.710. The molecule has 0 aliphatic heterocycles. The predicted octanol–water partition coefficient (Wildman–Crippen LogP) is 2.13. The molecule has 1 heterocycles. The minimum atomic E-state index is -3.46. The van der Waals surface area contributed by atoms with Gasteiger partial charge >= 0.3 is 0 Å². The van der Waals surface area contributed by atoms with Crippen molar-refractivity contribution >= 4 is 21.4 Å². The van der Waals surface area contributed by atoms with Crippen LogP contribution in [0.2, 0.25) is 0 Å². The summed E-state index contributed by atoms with van der Waals surface area (Å²) in [6, 6.07) is 10.9. The largest absolute Gasteiger partial charge is 0.497 e. The number of aryl methyl sites for hydroxylation is 1. The van der Waals surface area contributed by atoms with E-state index in [1.165, 1.54) is 11.3 Å². The Bertz CT molecular complexity index is 707. The summed E-state index contributed by atoms with van der Waals surface area (Å²) in [6.45, 7) is 1.56. The highest BCUT2D eigenvalue weighted by molar-refractivity contribution is 7.89. The van der Waals surface area contributed by atoms with E-state index in [0.29, 0.717) is 6.42 Å². The highest BCUT2D eigenvalue weighted by Gasteiger charge is 2.26. The Balaban J connectivity index is 1.89. The zero-order valence-corrected chi connectivity index (χ0v) is 14.8. The first-order chi connectivity index (χ1) is 10.8. The van der Waals surface area contributed by atoms with Crippen LogP contribution in [0.5, 0.6) is 5.75 Å². The molecule has 2 rings (SSSR count). The number of hydrogen-bond donors (Lipinski definition) is 2. The Morgan fingerprint density at radius 3 is 2.52 bits per heavy atom. The number of ether oxygens (including phenoxy) is 1. The molecule has 126 valence electrons. The van der Waals surface area contributed by atoms with Gasteiger partial charge in [0.15, 0.2) is 0 Å². The van der Waals surface area contributed by atoms with E-state index in [9.17, 15) is 13.5 Å². The van der Waals surface area contributed by atoms with Crippen LogP contribution >= 0.6 is 11.3 Å². The van der Waals surface area contributed by atoms with Crippen LogP contribution in [0.25, 0.3) is 0 Å². The number of benzene rings is 1. The molecule has 2 aromatic rings. The highest BCUT2D eigenvalue weighted by Crippen LogP contribution is 2.24. The standard InChI is InChI=1S/C16H21NO4S2/c1-16(18,15-4-3-10-22-15)12-17-23(19,20)11-9-13-5-7-14(21-2)8-6-13/h3-8,10,17-18H,9,11-12H2,1-2H3. The van der Waals surface area contributed by atoms with Gasteiger partial charge in [0.2, 0.25) is 10.0 Å². The van der Waals surface area contributed by atoms with Crippen molar-refractivity contribution in [2.24, 2.45) is 0 Å². The van der Waals surface area contributed by atoms with E-state index in [-0.39, 0.29) is 12.3 Å². The summed E-state index contributed by atoms with van der Waals surface area (Å²) >= 11 is 1.40. The number of thiophene rings is 1. The van der Waals surface area contributed by atoms with E-state index in [0.717, 1.165) is 16.2 Å². The average molecular weight is 355 g/mol. The van der Waals surface area contributed by atoms with Gasteiger partial charge in [-0.05, 0) is 42.5 Å². The van der Waals surface area contributed by atoms with E-state index in [2.05, 4.69) is 4.72 Å². The summed E-state index contributed by atoms with van der Waals surface area (Å²) in [6.07, 6.45) is 0.403. The molecule has 0 radical (unpaired) electrons. The SMILES string of the molecule is COc1ccc(CCS(=O)(=O)NCC(C)(O)c2cccs2)cc1. The van der Waals surface area contributed by atoms with Crippen LogP contribution in [-0.2, 0) is 22.0 Å². The fourth-order valence-corrected chi connectivity index (χ4v) is 3.98. The minimum Gasteiger partial charge on any atom is -0.497 e. The molecule has 7 heteroatoms. The monoisotopic (exact) mass is 355 g/mol. The van der Waals surface area contributed by atoms with E-state index in [1.54, 1.807) is 32.2 Å². The Labute approximate surface area is 141 Å². The summed E-state index contributed by atoms with van der Waals surface area (Å²) in [7, 11) is -1.87. The van der Waals surface area contributed by atoms with Gasteiger partial charge in [0.1, 0.15) is 11.4 Å². The molecule has 1 atom stereocenters. The maximum atomic E-state index is 12.1. The number of hydrogen-bond acceptors (Lipinski definition) is 5. The van der Waals surface area contributed by atoms with Crippen molar-refractivity contribution in [3.05, 3.63) is 52.2 Å². The minimum absolute atomic E-state index is 0.0279. The molecule has 1 unspecified atom stereocenters. The third kappa shape index (κ3) is 5.31. The van der Waals surface area contributed by atoms with Crippen molar-refractivity contribution in [1.82, 2.24) is 4.72 Å². The van der Waals surface area contributed by atoms with Gasteiger partial charge in [-0.3, -0.25) is 0 Å². The Morgan fingerprint density at radius 1 is 1.26 bits per heavy atom. The van der Waals surface area contributed by atoms with Gasteiger partial charge in [-0.1, -0.05) is 18.2 Å². The predicted molar refractivity (Wildman–Crippen MR) is 92.4 cm³/mol. The summed E-state index contributed by atoms with van der Waals surface area (Å²) in [5.41, 5.74) is -0.289. The van der Waals surface area contributed by atoms with Crippen molar-refractivity contribution in [2.75, 3.05) is 19.4 Å². The molecule has 0 fully saturated rings. The van der Waals surface area contributed by atoms with Crippen molar-refractivity contribution in [1.29, 1.82) is 0 Å². The molecule has 0 saturated heterocycles. The first-order valence-electron chi connectivity index (χ1n) is 7.19. The topological polar surface area (TPSA) is 75.6 Å². The van der Waals surface area contributed by atoms with Crippen LogP contribution in [-0.4, -0.2) is 32.9 Å². The Kier molecular flexibility index (Phi) is 5.80. The fraction of sp³-hybridized carbons (Fsp3) is 0.375. The maximum absolute atomic E-state index is 12.1. The van der Waals surface area contributed by atoms with Crippen molar-refractivity contribution in [3.8, 4) is 5.75 Å². The van der Waals surface area contributed by atoms with Crippen LogP contribution < -0.4 is 9.46 Å². The summed E-state index contributed by atoms with van der Waals surface area (Å²) in [4.78, 5) is 0.732. The number of rotatable bonds is 8. The zero-order chi connectivity index (χ0) is 16.9. The number of sulfonamides is 1. The molecular weight excluding hydrogens is 334 g/mol. The molecule has 5 nitrogen and oxygen atoms in total. The molecule has 0 bridgehead atoms. The summed E-state index contributed by atoms with van der Waals surface area (Å²) < 4.78 is 31.8. The second kappa shape index (κ2) is 7.44. The third-order valence-electron chi connectivity index (χ3n) is 3.51. The Hall–Kier alpha value is -1.41. The lowest BCUT2D eigenvalue weighted by Gasteiger charge is -2.22. The fourth-order valence-electron chi connectivity index (χ4n) is 2.04. The van der Waals surface area contributed by atoms with Crippen molar-refractivity contribution in [3.63, 3.8) is 0 Å². The first-order valence-corrected chi connectivity index (χ1v) is 9.72. The third-order valence-corrected chi connectivity index (χ3v) is 5.96. The van der Waals surface area contributed by atoms with Crippen LogP contribution in [0.15, 0.2) is 41.8 Å². The molecule has 0 aliphatic rings. The molecule has 0 amide bonds. The van der Waals surface area contributed by atoms with Gasteiger partial charge in [-0.15, -0.1) is 11.3 Å². The lowest BCUT2D eigenvalue weighted by atomic mass is 10.1. The second-order valence-corrected chi connectivity index (χ2v) is 8.36. The van der Waals surface area contributed by atoms with E-state index in [4.69, 9.17) is 4.74 Å². The number of nitrogens with one attached hydrogen (secondary N) is 1. The van der Waals surface area contributed by atoms with E-state index in [1.807, 2.05) is 23.6 Å². The molecule has 1 aromatic heterocycles. The van der Waals surface area contributed by atoms with Crippen LogP contribution in [0.3, 0.4) is 0 Å². The number of aliphatic hydroxyl groups is 1. The number of methoxy groups -OCH3 is 1. The smallest absolute Gasteiger partial charge is 0.212 e. The van der Waals surface area contributed by atoms with Crippen LogP contribution in [0, 0.1) is 0 Å². The van der Waals surface area contributed by atoms with Gasteiger partial charge in [0, 0.05) is 11.4 Å². The van der Waals surface area contributed by atoms with Gasteiger partial charge < -0.3 is 9.84 Å². The molecule has 23 heavy (non-hydrogen) atoms. The molecule has 0 saturated carbocycles. The van der Waals surface area contributed by atoms with Crippen LogP contribution in [0.4, 0.5) is 0 Å². The first kappa shape index (κ1) is 17.9. The lowest BCUT2D eigenvalue weighted by molar-refractivity contribution is 0.0666. The molecule has 0 aliphatic carbocycles. The van der Waals surface area contributed by atoms with Gasteiger partial charge in [0.05, 0.1) is 12.9 Å². The molecular formula is C16H21NO4S2. The normalized spacial score (nSPS) is 14.4. The van der Waals surface area contributed by atoms with Crippen molar-refractivity contribution < 1.29 is 18.3 Å². The van der Waals surface area contributed by atoms with E-state index < -0.39 is 15.6 Å². The quantitative estimate of drug-likeness (QED) is 0.761. The van der Waals surface area contributed by atoms with Crippen molar-refractivity contribution in [2.45, 2.75) is 18.9 Å². The van der Waals surface area contributed by atoms with Gasteiger partial charge in [0.25, 0.3) is 0 Å². The molecule has 1 aromatic carbocycles. The average Bonchev–Trinajstić information content (AvgIpc) is 3.07. The molecule has 2 N–H and O–H groups in total. The van der Waals surface area contributed by atoms with Gasteiger partial charge in [-0.2, -0.15) is 0 Å². The zero-order valence-electron chi connectivity index (χ0n) is 13.2. The summed E-state index contributed by atoms with van der Waals surface area (Å²) in [5, 5.41) is 12.2. The van der Waals surface area contributed by atoms with Crippen LogP contribution in [0.1, 0.15) is 17.4 Å². The lowest BCUT2D eigenvalue weighted by Crippen LogP contribution is -2.39. The van der Waals surface area contributed by atoms with Gasteiger partial charge in [-0.25, -0.2) is 13.1 Å². The molecule has 0 spiro atoms. The Morgan fingerprint density at radius 2 is 1.96 bits per heavy atom. The van der Waals surface area contributed by atoms with E-state index >= 15 is 0 Å². The maximum Gasteiger partial charge on any atom is 0.212 e. The second-order valence-electron chi connectivity index (χ2n) is 5.49.